The molecule has 94 valence electrons. The lowest BCUT2D eigenvalue weighted by Crippen LogP contribution is -2.42. The van der Waals surface area contributed by atoms with Crippen molar-refractivity contribution in [3.8, 4) is 5.75 Å². The van der Waals surface area contributed by atoms with Crippen molar-refractivity contribution in [2.24, 2.45) is 5.73 Å². The lowest BCUT2D eigenvalue weighted by Gasteiger charge is -2.30. The molecular formula is C14H21NO2. The van der Waals surface area contributed by atoms with Crippen molar-refractivity contribution in [3.63, 3.8) is 0 Å². The number of nitrogens with two attached hydrogens (primary N) is 1. The standard InChI is InChI=1S/C14H21NO2/c1-2-17-12-7-5-11(6-8-12)13(16)14(15)9-3-4-10-14/h5-8,13,16H,2-4,9-10,15H2,1H3. The van der Waals surface area contributed by atoms with Crippen LogP contribution in [0.5, 0.6) is 5.75 Å². The summed E-state index contributed by atoms with van der Waals surface area (Å²) in [5.74, 6) is 0.834. The predicted molar refractivity (Wildman–Crippen MR) is 68.0 cm³/mol. The second-order valence-electron chi connectivity index (χ2n) is 4.84. The van der Waals surface area contributed by atoms with Gasteiger partial charge in [-0.05, 0) is 37.5 Å². The lowest BCUT2D eigenvalue weighted by molar-refractivity contribution is 0.0871. The molecule has 1 unspecified atom stereocenters. The second-order valence-corrected chi connectivity index (χ2v) is 4.84. The van der Waals surface area contributed by atoms with Gasteiger partial charge in [-0.15, -0.1) is 0 Å². The Morgan fingerprint density at radius 1 is 1.29 bits per heavy atom. The minimum absolute atomic E-state index is 0.437. The number of aliphatic hydroxyl groups excluding tert-OH is 1. The second kappa shape index (κ2) is 5.07. The van der Waals surface area contributed by atoms with E-state index in [1.54, 1.807) is 0 Å². The first-order valence-corrected chi connectivity index (χ1v) is 6.35. The highest BCUT2D eigenvalue weighted by Crippen LogP contribution is 2.37. The molecule has 3 heteroatoms. The molecule has 1 aliphatic carbocycles. The van der Waals surface area contributed by atoms with Crippen LogP contribution in [0.25, 0.3) is 0 Å². The molecule has 1 aromatic rings. The molecule has 1 fully saturated rings. The molecule has 3 N–H and O–H groups in total. The van der Waals surface area contributed by atoms with Gasteiger partial charge in [0.15, 0.2) is 0 Å². The third-order valence-corrected chi connectivity index (χ3v) is 3.59. The molecule has 0 spiro atoms. The molecule has 1 saturated carbocycles. The van der Waals surface area contributed by atoms with Gasteiger partial charge in [0, 0.05) is 5.54 Å². The summed E-state index contributed by atoms with van der Waals surface area (Å²) in [5, 5.41) is 10.3. The average Bonchev–Trinajstić information content (AvgIpc) is 2.78. The van der Waals surface area contributed by atoms with Gasteiger partial charge in [-0.3, -0.25) is 0 Å². The number of rotatable bonds is 4. The van der Waals surface area contributed by atoms with Crippen LogP contribution < -0.4 is 10.5 Å². The van der Waals surface area contributed by atoms with Crippen molar-refractivity contribution >= 4 is 0 Å². The Labute approximate surface area is 103 Å². The zero-order valence-corrected chi connectivity index (χ0v) is 10.4. The smallest absolute Gasteiger partial charge is 0.119 e. The molecule has 1 aromatic carbocycles. The van der Waals surface area contributed by atoms with E-state index < -0.39 is 11.6 Å². The van der Waals surface area contributed by atoms with Gasteiger partial charge in [-0.1, -0.05) is 25.0 Å². The Bertz CT molecular complexity index is 355. The predicted octanol–water partition coefficient (Wildman–Crippen LogP) is 2.39. The van der Waals surface area contributed by atoms with Crippen molar-refractivity contribution in [3.05, 3.63) is 29.8 Å². The van der Waals surface area contributed by atoms with Crippen molar-refractivity contribution in [1.29, 1.82) is 0 Å². The maximum atomic E-state index is 10.3. The molecule has 0 aromatic heterocycles. The van der Waals surface area contributed by atoms with Crippen LogP contribution in [0.1, 0.15) is 44.3 Å². The van der Waals surface area contributed by atoms with Crippen LogP contribution in [0.2, 0.25) is 0 Å². The highest BCUT2D eigenvalue weighted by Gasteiger charge is 2.37. The van der Waals surface area contributed by atoms with Gasteiger partial charge < -0.3 is 15.6 Å². The van der Waals surface area contributed by atoms with Crippen molar-refractivity contribution in [1.82, 2.24) is 0 Å². The summed E-state index contributed by atoms with van der Waals surface area (Å²) in [6, 6.07) is 7.59. The molecule has 0 heterocycles. The van der Waals surface area contributed by atoms with E-state index >= 15 is 0 Å². The first-order valence-electron chi connectivity index (χ1n) is 6.35. The fourth-order valence-corrected chi connectivity index (χ4v) is 2.55. The molecule has 0 radical (unpaired) electrons. The molecule has 1 aliphatic rings. The molecule has 2 rings (SSSR count). The van der Waals surface area contributed by atoms with Crippen LogP contribution in [-0.2, 0) is 0 Å². The van der Waals surface area contributed by atoms with Crippen LogP contribution in [0, 0.1) is 0 Å². The number of benzene rings is 1. The topological polar surface area (TPSA) is 55.5 Å². The van der Waals surface area contributed by atoms with Crippen LogP contribution in [0.4, 0.5) is 0 Å². The number of hydrogen-bond acceptors (Lipinski definition) is 3. The Morgan fingerprint density at radius 3 is 2.41 bits per heavy atom. The summed E-state index contributed by atoms with van der Waals surface area (Å²) in [5.41, 5.74) is 6.70. The third-order valence-electron chi connectivity index (χ3n) is 3.59. The quantitative estimate of drug-likeness (QED) is 0.842. The maximum absolute atomic E-state index is 10.3. The number of ether oxygens (including phenoxy) is 1. The summed E-state index contributed by atoms with van der Waals surface area (Å²) < 4.78 is 5.38. The normalized spacial score (nSPS) is 20.2. The zero-order chi connectivity index (χ0) is 12.3. The molecule has 0 aliphatic heterocycles. The van der Waals surface area contributed by atoms with Crippen molar-refractivity contribution in [2.75, 3.05) is 6.61 Å². The van der Waals surface area contributed by atoms with Crippen molar-refractivity contribution < 1.29 is 9.84 Å². The third kappa shape index (κ3) is 2.61. The van der Waals surface area contributed by atoms with Crippen molar-refractivity contribution in [2.45, 2.75) is 44.2 Å². The Balaban J connectivity index is 2.11. The van der Waals surface area contributed by atoms with Gasteiger partial charge in [0.05, 0.1) is 12.7 Å². The van der Waals surface area contributed by atoms with Gasteiger partial charge >= 0.3 is 0 Å². The molecule has 0 bridgehead atoms. The average molecular weight is 235 g/mol. The van der Waals surface area contributed by atoms with Gasteiger partial charge in [-0.2, -0.15) is 0 Å². The Kier molecular flexibility index (Phi) is 3.69. The molecular weight excluding hydrogens is 214 g/mol. The van der Waals surface area contributed by atoms with E-state index in [-0.39, 0.29) is 0 Å². The number of aliphatic hydroxyl groups is 1. The fraction of sp³-hybridized carbons (Fsp3) is 0.571. The summed E-state index contributed by atoms with van der Waals surface area (Å²) in [4.78, 5) is 0. The van der Waals surface area contributed by atoms with E-state index in [4.69, 9.17) is 10.5 Å². The van der Waals surface area contributed by atoms with E-state index in [0.717, 1.165) is 37.0 Å². The summed E-state index contributed by atoms with van der Waals surface area (Å²) in [6.07, 6.45) is 3.47. The first-order chi connectivity index (χ1) is 8.15. The molecule has 0 saturated heterocycles. The number of hydrogen-bond donors (Lipinski definition) is 2. The molecule has 0 amide bonds. The summed E-state index contributed by atoms with van der Waals surface area (Å²) in [7, 11) is 0. The van der Waals surface area contributed by atoms with Gasteiger partial charge in [0.25, 0.3) is 0 Å². The van der Waals surface area contributed by atoms with Gasteiger partial charge in [-0.25, -0.2) is 0 Å². The highest BCUT2D eigenvalue weighted by atomic mass is 16.5. The molecule has 3 nitrogen and oxygen atoms in total. The summed E-state index contributed by atoms with van der Waals surface area (Å²) >= 11 is 0. The van der Waals surface area contributed by atoms with E-state index in [2.05, 4.69) is 0 Å². The van der Waals surface area contributed by atoms with Gasteiger partial charge in [0.1, 0.15) is 5.75 Å². The van der Waals surface area contributed by atoms with Crippen LogP contribution >= 0.6 is 0 Å². The fourth-order valence-electron chi connectivity index (χ4n) is 2.55. The first kappa shape index (κ1) is 12.4. The van der Waals surface area contributed by atoms with E-state index in [9.17, 15) is 5.11 Å². The molecule has 17 heavy (non-hydrogen) atoms. The molecule has 1 atom stereocenters. The largest absolute Gasteiger partial charge is 0.494 e. The minimum Gasteiger partial charge on any atom is -0.494 e. The minimum atomic E-state index is -0.569. The van der Waals surface area contributed by atoms with Crippen LogP contribution in [0.15, 0.2) is 24.3 Å². The zero-order valence-electron chi connectivity index (χ0n) is 10.4. The monoisotopic (exact) mass is 235 g/mol. The SMILES string of the molecule is CCOc1ccc(C(O)C2(N)CCCC2)cc1. The van der Waals surface area contributed by atoms with E-state index in [0.29, 0.717) is 6.61 Å². The van der Waals surface area contributed by atoms with Crippen LogP contribution in [0.3, 0.4) is 0 Å². The summed E-state index contributed by atoms with van der Waals surface area (Å²) in [6.45, 7) is 2.61. The van der Waals surface area contributed by atoms with Crippen LogP contribution in [-0.4, -0.2) is 17.3 Å². The Hall–Kier alpha value is -1.06. The van der Waals surface area contributed by atoms with Gasteiger partial charge in [0.2, 0.25) is 0 Å². The maximum Gasteiger partial charge on any atom is 0.119 e. The Morgan fingerprint density at radius 2 is 1.88 bits per heavy atom. The lowest BCUT2D eigenvalue weighted by atomic mass is 9.87. The van der Waals surface area contributed by atoms with E-state index in [1.807, 2.05) is 31.2 Å². The van der Waals surface area contributed by atoms with E-state index in [1.165, 1.54) is 0 Å². The highest BCUT2D eigenvalue weighted by molar-refractivity contribution is 5.30.